The van der Waals surface area contributed by atoms with Crippen LogP contribution < -0.4 is 5.73 Å². The molecule has 16 heavy (non-hydrogen) atoms. The highest BCUT2D eigenvalue weighted by molar-refractivity contribution is 5.22. The van der Waals surface area contributed by atoms with Crippen molar-refractivity contribution in [2.45, 2.75) is 19.5 Å². The van der Waals surface area contributed by atoms with Crippen LogP contribution in [0.4, 0.5) is 6.01 Å². The lowest BCUT2D eigenvalue weighted by molar-refractivity contribution is 0.214. The van der Waals surface area contributed by atoms with Gasteiger partial charge in [0.2, 0.25) is 0 Å². The highest BCUT2D eigenvalue weighted by Gasteiger charge is 2.21. The molecule has 5 heteroatoms. The van der Waals surface area contributed by atoms with E-state index < -0.39 is 0 Å². The molecule has 0 fully saturated rings. The Bertz CT molecular complexity index is 475. The van der Waals surface area contributed by atoms with Crippen molar-refractivity contribution in [3.8, 4) is 0 Å². The van der Waals surface area contributed by atoms with Crippen molar-refractivity contribution in [3.05, 3.63) is 35.6 Å². The number of furan rings is 1. The summed E-state index contributed by atoms with van der Waals surface area (Å²) in [4.78, 5) is 6.44. The SMILES string of the molecule is Nc1nc2c(o1)CCN(Cc1ccco1)C2. The Morgan fingerprint density at radius 1 is 1.50 bits per heavy atom. The van der Waals surface area contributed by atoms with Crippen molar-refractivity contribution < 1.29 is 8.83 Å². The van der Waals surface area contributed by atoms with Crippen molar-refractivity contribution in [1.29, 1.82) is 0 Å². The molecule has 0 unspecified atom stereocenters. The predicted octanol–water partition coefficient (Wildman–Crippen LogP) is 1.41. The smallest absolute Gasteiger partial charge is 0.292 e. The number of nitrogens with zero attached hydrogens (tertiary/aromatic N) is 2. The molecule has 0 saturated heterocycles. The van der Waals surface area contributed by atoms with Gasteiger partial charge in [0.25, 0.3) is 6.01 Å². The van der Waals surface area contributed by atoms with E-state index in [-0.39, 0.29) is 6.01 Å². The second-order valence-electron chi connectivity index (χ2n) is 3.96. The first-order valence-electron chi connectivity index (χ1n) is 5.30. The second kappa shape index (κ2) is 3.68. The lowest BCUT2D eigenvalue weighted by Gasteiger charge is -2.23. The summed E-state index contributed by atoms with van der Waals surface area (Å²) in [5, 5.41) is 0. The fraction of sp³-hybridized carbons (Fsp3) is 0.364. The summed E-state index contributed by atoms with van der Waals surface area (Å²) in [6, 6.07) is 4.15. The minimum Gasteiger partial charge on any atom is -0.468 e. The van der Waals surface area contributed by atoms with Crippen molar-refractivity contribution in [3.63, 3.8) is 0 Å². The van der Waals surface area contributed by atoms with Crippen LogP contribution in [0.25, 0.3) is 0 Å². The fourth-order valence-corrected chi connectivity index (χ4v) is 2.03. The van der Waals surface area contributed by atoms with Gasteiger partial charge in [-0.15, -0.1) is 0 Å². The normalized spacial score (nSPS) is 16.2. The number of hydrogen-bond donors (Lipinski definition) is 1. The van der Waals surface area contributed by atoms with Crippen LogP contribution in [0.5, 0.6) is 0 Å². The van der Waals surface area contributed by atoms with Gasteiger partial charge in [-0.3, -0.25) is 4.90 Å². The molecular weight excluding hydrogens is 206 g/mol. The summed E-state index contributed by atoms with van der Waals surface area (Å²) in [6.45, 7) is 2.53. The Morgan fingerprint density at radius 2 is 2.44 bits per heavy atom. The molecule has 0 aliphatic carbocycles. The van der Waals surface area contributed by atoms with E-state index in [0.29, 0.717) is 0 Å². The molecule has 0 atom stereocenters. The largest absolute Gasteiger partial charge is 0.468 e. The first kappa shape index (κ1) is 9.47. The van der Waals surface area contributed by atoms with Crippen LogP contribution in [-0.4, -0.2) is 16.4 Å². The van der Waals surface area contributed by atoms with Gasteiger partial charge in [0, 0.05) is 19.5 Å². The number of anilines is 1. The maximum atomic E-state index is 5.53. The van der Waals surface area contributed by atoms with E-state index in [9.17, 15) is 0 Å². The van der Waals surface area contributed by atoms with Gasteiger partial charge in [0.15, 0.2) is 0 Å². The molecule has 0 radical (unpaired) electrons. The van der Waals surface area contributed by atoms with E-state index in [2.05, 4.69) is 9.88 Å². The number of hydrogen-bond acceptors (Lipinski definition) is 5. The summed E-state index contributed by atoms with van der Waals surface area (Å²) >= 11 is 0. The Hall–Kier alpha value is -1.75. The zero-order valence-electron chi connectivity index (χ0n) is 8.85. The van der Waals surface area contributed by atoms with Gasteiger partial charge in [-0.2, -0.15) is 4.98 Å². The lowest BCUT2D eigenvalue weighted by Crippen LogP contribution is -2.29. The molecule has 1 aliphatic heterocycles. The summed E-state index contributed by atoms with van der Waals surface area (Å²) in [7, 11) is 0. The average Bonchev–Trinajstić information content (AvgIpc) is 2.85. The van der Waals surface area contributed by atoms with Crippen LogP contribution in [0.15, 0.2) is 27.2 Å². The van der Waals surface area contributed by atoms with Gasteiger partial charge in [-0.05, 0) is 12.1 Å². The molecule has 0 spiro atoms. The second-order valence-corrected chi connectivity index (χ2v) is 3.96. The van der Waals surface area contributed by atoms with Gasteiger partial charge in [-0.25, -0.2) is 0 Å². The first-order valence-corrected chi connectivity index (χ1v) is 5.30. The molecule has 3 heterocycles. The van der Waals surface area contributed by atoms with E-state index in [4.69, 9.17) is 14.6 Å². The Morgan fingerprint density at radius 3 is 3.25 bits per heavy atom. The average molecular weight is 219 g/mol. The standard InChI is InChI=1S/C11H13N3O2/c12-11-13-9-7-14(4-3-10(9)16-11)6-8-2-1-5-15-8/h1-2,5H,3-4,6-7H2,(H2,12,13). The Kier molecular flexibility index (Phi) is 2.18. The highest BCUT2D eigenvalue weighted by Crippen LogP contribution is 2.21. The molecule has 1 aliphatic rings. The Balaban J connectivity index is 1.73. The molecule has 5 nitrogen and oxygen atoms in total. The van der Waals surface area contributed by atoms with Gasteiger partial charge in [0.1, 0.15) is 11.5 Å². The van der Waals surface area contributed by atoms with Crippen LogP contribution in [0.2, 0.25) is 0 Å². The molecule has 0 saturated carbocycles. The zero-order valence-corrected chi connectivity index (χ0v) is 8.85. The third-order valence-corrected chi connectivity index (χ3v) is 2.78. The van der Waals surface area contributed by atoms with Gasteiger partial charge >= 0.3 is 0 Å². The van der Waals surface area contributed by atoms with E-state index >= 15 is 0 Å². The van der Waals surface area contributed by atoms with Gasteiger partial charge in [-0.1, -0.05) is 0 Å². The zero-order chi connectivity index (χ0) is 11.0. The van der Waals surface area contributed by atoms with Crippen LogP contribution in [0, 0.1) is 0 Å². The van der Waals surface area contributed by atoms with Crippen molar-refractivity contribution in [2.24, 2.45) is 0 Å². The third kappa shape index (κ3) is 1.69. The highest BCUT2D eigenvalue weighted by atomic mass is 16.4. The summed E-state index contributed by atoms with van der Waals surface area (Å²) in [6.07, 6.45) is 2.55. The van der Waals surface area contributed by atoms with E-state index in [1.54, 1.807) is 6.26 Å². The maximum Gasteiger partial charge on any atom is 0.292 e. The van der Waals surface area contributed by atoms with Crippen LogP contribution in [0.3, 0.4) is 0 Å². The predicted molar refractivity (Wildman–Crippen MR) is 57.4 cm³/mol. The van der Waals surface area contributed by atoms with Gasteiger partial charge in [0.05, 0.1) is 18.5 Å². The monoisotopic (exact) mass is 219 g/mol. The number of rotatable bonds is 2. The molecule has 0 amide bonds. The molecule has 0 aromatic carbocycles. The van der Waals surface area contributed by atoms with Crippen molar-refractivity contribution in [2.75, 3.05) is 12.3 Å². The minimum atomic E-state index is 0.268. The fourth-order valence-electron chi connectivity index (χ4n) is 2.03. The Labute approximate surface area is 92.9 Å². The van der Waals surface area contributed by atoms with Gasteiger partial charge < -0.3 is 14.6 Å². The molecule has 3 rings (SSSR count). The quantitative estimate of drug-likeness (QED) is 0.827. The van der Waals surface area contributed by atoms with Crippen molar-refractivity contribution >= 4 is 6.01 Å². The van der Waals surface area contributed by atoms with Crippen molar-refractivity contribution in [1.82, 2.24) is 9.88 Å². The summed E-state index contributed by atoms with van der Waals surface area (Å²) in [5.74, 6) is 1.90. The van der Waals surface area contributed by atoms with Crippen LogP contribution in [-0.2, 0) is 19.5 Å². The molecule has 2 N–H and O–H groups in total. The summed E-state index contributed by atoms with van der Waals surface area (Å²) in [5.41, 5.74) is 6.48. The molecule has 2 aromatic heterocycles. The number of aromatic nitrogens is 1. The van der Waals surface area contributed by atoms with E-state index in [1.807, 2.05) is 12.1 Å². The first-order chi connectivity index (χ1) is 7.81. The van der Waals surface area contributed by atoms with Crippen LogP contribution >= 0.6 is 0 Å². The number of fused-ring (bicyclic) bond motifs is 1. The maximum absolute atomic E-state index is 5.53. The van der Waals surface area contributed by atoms with Crippen LogP contribution in [0.1, 0.15) is 17.2 Å². The minimum absolute atomic E-state index is 0.268. The molecule has 84 valence electrons. The number of nitrogen functional groups attached to an aromatic ring is 1. The van der Waals surface area contributed by atoms with E-state index in [0.717, 1.165) is 43.3 Å². The number of nitrogens with two attached hydrogens (primary N) is 1. The van der Waals surface area contributed by atoms with E-state index in [1.165, 1.54) is 0 Å². The molecule has 0 bridgehead atoms. The topological polar surface area (TPSA) is 68.4 Å². The summed E-state index contributed by atoms with van der Waals surface area (Å²) < 4.78 is 10.6. The molecular formula is C11H13N3O2. The molecule has 2 aromatic rings. The lowest BCUT2D eigenvalue weighted by atomic mass is 10.1. The third-order valence-electron chi connectivity index (χ3n) is 2.78. The number of oxazole rings is 1.